The minimum absolute atomic E-state index is 0.0320. The lowest BCUT2D eigenvalue weighted by molar-refractivity contribution is -0.137. The minimum atomic E-state index is -0.625. The number of fused-ring (bicyclic) bond motifs is 1. The number of rotatable bonds is 3. The van der Waals surface area contributed by atoms with Gasteiger partial charge in [0.15, 0.2) is 0 Å². The number of para-hydroxylation sites is 1. The Bertz CT molecular complexity index is 982. The molecule has 6 nitrogen and oxygen atoms in total. The maximum absolute atomic E-state index is 12.8. The molecule has 1 aromatic heterocycles. The van der Waals surface area contributed by atoms with Crippen molar-refractivity contribution in [2.24, 2.45) is 11.3 Å². The zero-order valence-electron chi connectivity index (χ0n) is 18.1. The van der Waals surface area contributed by atoms with Gasteiger partial charge in [0.1, 0.15) is 5.82 Å². The van der Waals surface area contributed by atoms with Gasteiger partial charge in [-0.3, -0.25) is 9.59 Å². The zero-order chi connectivity index (χ0) is 21.5. The Hall–Kier alpha value is -2.28. The van der Waals surface area contributed by atoms with Crippen LogP contribution < -0.4 is 10.6 Å². The van der Waals surface area contributed by atoms with E-state index in [0.29, 0.717) is 11.7 Å². The van der Waals surface area contributed by atoms with Gasteiger partial charge in [-0.2, -0.15) is 16.9 Å². The van der Waals surface area contributed by atoms with Crippen LogP contribution in [0, 0.1) is 18.3 Å². The van der Waals surface area contributed by atoms with E-state index in [2.05, 4.69) is 31.4 Å². The van der Waals surface area contributed by atoms with Gasteiger partial charge in [0.05, 0.1) is 11.4 Å². The Balaban J connectivity index is 1.53. The molecular weight excluding hydrogens is 396 g/mol. The lowest BCUT2D eigenvalue weighted by Crippen LogP contribution is -2.46. The van der Waals surface area contributed by atoms with Gasteiger partial charge in [-0.1, -0.05) is 39.0 Å². The van der Waals surface area contributed by atoms with Crippen LogP contribution in [0.1, 0.15) is 56.9 Å². The van der Waals surface area contributed by atoms with Gasteiger partial charge in [-0.25, -0.2) is 4.68 Å². The average molecular weight is 427 g/mol. The van der Waals surface area contributed by atoms with E-state index in [9.17, 15) is 9.59 Å². The van der Waals surface area contributed by atoms with E-state index in [1.165, 1.54) is 0 Å². The maximum Gasteiger partial charge on any atom is 0.314 e. The molecule has 0 spiro atoms. The summed E-state index contributed by atoms with van der Waals surface area (Å²) in [7, 11) is 0. The third kappa shape index (κ3) is 4.26. The molecule has 30 heavy (non-hydrogen) atoms. The third-order valence-electron chi connectivity index (χ3n) is 6.06. The number of carbonyl (C=O) groups is 2. The SMILES string of the molecule is Cc1ccccc1-n1nc2c(c1NC(=O)C(=O)N[C@H]1C[C@H](C)CC(C)(C)C1)CSC2. The van der Waals surface area contributed by atoms with Crippen LogP contribution in [0.5, 0.6) is 0 Å². The molecule has 1 fully saturated rings. The van der Waals surface area contributed by atoms with Gasteiger partial charge in [0.25, 0.3) is 0 Å². The predicted molar refractivity (Wildman–Crippen MR) is 121 cm³/mol. The molecule has 7 heteroatoms. The Morgan fingerprint density at radius 3 is 2.67 bits per heavy atom. The number of aryl methyl sites for hydroxylation is 1. The molecule has 160 valence electrons. The molecule has 2 amide bonds. The number of carbonyl (C=O) groups excluding carboxylic acids is 2. The summed E-state index contributed by atoms with van der Waals surface area (Å²) in [6, 6.07) is 7.95. The van der Waals surface area contributed by atoms with Crippen molar-refractivity contribution in [3.05, 3.63) is 41.1 Å². The summed E-state index contributed by atoms with van der Waals surface area (Å²) < 4.78 is 1.77. The van der Waals surface area contributed by atoms with Crippen LogP contribution in [0.25, 0.3) is 5.69 Å². The first-order valence-corrected chi connectivity index (χ1v) is 11.8. The van der Waals surface area contributed by atoms with Gasteiger partial charge in [0.2, 0.25) is 0 Å². The van der Waals surface area contributed by atoms with Crippen molar-refractivity contribution >= 4 is 29.4 Å². The summed E-state index contributed by atoms with van der Waals surface area (Å²) in [5, 5.41) is 10.6. The molecule has 1 aliphatic carbocycles. The second-order valence-corrected chi connectivity index (χ2v) is 10.5. The van der Waals surface area contributed by atoms with E-state index in [4.69, 9.17) is 5.10 Å². The molecule has 2 N–H and O–H groups in total. The highest BCUT2D eigenvalue weighted by atomic mass is 32.2. The maximum atomic E-state index is 12.8. The van der Waals surface area contributed by atoms with Crippen LogP contribution in [-0.4, -0.2) is 27.6 Å². The van der Waals surface area contributed by atoms with Gasteiger partial charge in [-0.05, 0) is 49.1 Å². The minimum Gasteiger partial charge on any atom is -0.345 e. The molecule has 0 radical (unpaired) electrons. The van der Waals surface area contributed by atoms with Gasteiger partial charge in [-0.15, -0.1) is 0 Å². The zero-order valence-corrected chi connectivity index (χ0v) is 18.9. The molecule has 0 saturated heterocycles. The van der Waals surface area contributed by atoms with Crippen LogP contribution in [-0.2, 0) is 21.1 Å². The number of nitrogens with zero attached hydrogens (tertiary/aromatic N) is 2. The molecule has 0 bridgehead atoms. The van der Waals surface area contributed by atoms with Gasteiger partial charge >= 0.3 is 11.8 Å². The number of hydrogen-bond acceptors (Lipinski definition) is 4. The van der Waals surface area contributed by atoms with Crippen LogP contribution in [0.15, 0.2) is 24.3 Å². The predicted octanol–water partition coefficient (Wildman–Crippen LogP) is 4.20. The summed E-state index contributed by atoms with van der Waals surface area (Å²) in [4.78, 5) is 25.5. The van der Waals surface area contributed by atoms with Gasteiger partial charge < -0.3 is 10.6 Å². The van der Waals surface area contributed by atoms with Crippen molar-refractivity contribution in [1.29, 1.82) is 0 Å². The largest absolute Gasteiger partial charge is 0.345 e. The summed E-state index contributed by atoms with van der Waals surface area (Å²) in [6.07, 6.45) is 2.95. The fourth-order valence-electron chi connectivity index (χ4n) is 4.99. The monoisotopic (exact) mass is 426 g/mol. The smallest absolute Gasteiger partial charge is 0.314 e. The van der Waals surface area contributed by atoms with Crippen LogP contribution >= 0.6 is 11.8 Å². The highest BCUT2D eigenvalue weighted by Crippen LogP contribution is 2.39. The normalized spacial score (nSPS) is 22.4. The number of thioether (sulfide) groups is 1. The Labute approximate surface area is 182 Å². The van der Waals surface area contributed by atoms with Crippen molar-refractivity contribution in [3.8, 4) is 5.69 Å². The number of aromatic nitrogens is 2. The van der Waals surface area contributed by atoms with E-state index in [1.54, 1.807) is 16.4 Å². The lowest BCUT2D eigenvalue weighted by Gasteiger charge is -2.39. The van der Waals surface area contributed by atoms with E-state index in [0.717, 1.165) is 53.3 Å². The number of anilines is 1. The van der Waals surface area contributed by atoms with Crippen molar-refractivity contribution in [3.63, 3.8) is 0 Å². The molecule has 2 heterocycles. The van der Waals surface area contributed by atoms with E-state index in [1.807, 2.05) is 31.2 Å². The first-order valence-electron chi connectivity index (χ1n) is 10.6. The number of amides is 2. The number of nitrogens with one attached hydrogen (secondary N) is 2. The number of benzene rings is 1. The fourth-order valence-corrected chi connectivity index (χ4v) is 6.02. The highest BCUT2D eigenvalue weighted by Gasteiger charge is 2.34. The van der Waals surface area contributed by atoms with Crippen LogP contribution in [0.2, 0.25) is 0 Å². The molecule has 2 aliphatic rings. The Morgan fingerprint density at radius 1 is 1.17 bits per heavy atom. The topological polar surface area (TPSA) is 76.0 Å². The first-order chi connectivity index (χ1) is 14.2. The molecule has 2 atom stereocenters. The standard InChI is InChI=1S/C23H30N4O2S/c1-14-9-16(11-23(3,4)10-14)24-21(28)22(29)25-20-17-12-30-13-18(17)26-27(20)19-8-6-5-7-15(19)2/h5-8,14,16H,9-13H2,1-4H3,(H,24,28)(H,25,29)/t14-,16-/m0/s1. The summed E-state index contributed by atoms with van der Waals surface area (Å²) in [5.74, 6) is 1.56. The average Bonchev–Trinajstić information content (AvgIpc) is 3.23. The quantitative estimate of drug-likeness (QED) is 0.722. The van der Waals surface area contributed by atoms with Crippen molar-refractivity contribution < 1.29 is 9.59 Å². The second kappa shape index (κ2) is 8.10. The third-order valence-corrected chi connectivity index (χ3v) is 7.03. The molecule has 4 rings (SSSR count). The second-order valence-electron chi connectivity index (χ2n) is 9.50. The molecule has 1 saturated carbocycles. The van der Waals surface area contributed by atoms with Crippen molar-refractivity contribution in [1.82, 2.24) is 15.1 Å². The molecule has 2 aromatic rings. The first kappa shape index (κ1) is 21.0. The molecule has 1 aromatic carbocycles. The summed E-state index contributed by atoms with van der Waals surface area (Å²) in [5.41, 5.74) is 4.13. The van der Waals surface area contributed by atoms with E-state index >= 15 is 0 Å². The summed E-state index contributed by atoms with van der Waals surface area (Å²) >= 11 is 1.77. The van der Waals surface area contributed by atoms with Crippen LogP contribution in [0.3, 0.4) is 0 Å². The molecule has 0 unspecified atom stereocenters. The highest BCUT2D eigenvalue weighted by molar-refractivity contribution is 7.98. The van der Waals surface area contributed by atoms with E-state index < -0.39 is 11.8 Å². The molecule has 1 aliphatic heterocycles. The fraction of sp³-hybridized carbons (Fsp3) is 0.522. The van der Waals surface area contributed by atoms with Crippen molar-refractivity contribution in [2.75, 3.05) is 5.32 Å². The van der Waals surface area contributed by atoms with Crippen LogP contribution in [0.4, 0.5) is 5.82 Å². The molecular formula is C23H30N4O2S. The lowest BCUT2D eigenvalue weighted by atomic mass is 9.70. The van der Waals surface area contributed by atoms with Gasteiger partial charge in [0, 0.05) is 23.1 Å². The van der Waals surface area contributed by atoms with E-state index in [-0.39, 0.29) is 11.5 Å². The Morgan fingerprint density at radius 2 is 1.93 bits per heavy atom. The van der Waals surface area contributed by atoms with Crippen molar-refractivity contribution in [2.45, 2.75) is 64.5 Å². The number of hydrogen-bond donors (Lipinski definition) is 2. The summed E-state index contributed by atoms with van der Waals surface area (Å²) in [6.45, 7) is 8.68. The Kier molecular flexibility index (Phi) is 5.66.